The number of amides is 1. The van der Waals surface area contributed by atoms with Gasteiger partial charge >= 0.3 is 0 Å². The molecule has 0 aromatic heterocycles. The van der Waals surface area contributed by atoms with Crippen LogP contribution >= 0.6 is 0 Å². The predicted molar refractivity (Wildman–Crippen MR) is 93.2 cm³/mol. The van der Waals surface area contributed by atoms with Crippen molar-refractivity contribution >= 4 is 21.8 Å². The third-order valence-electron chi connectivity index (χ3n) is 5.44. The fourth-order valence-electron chi connectivity index (χ4n) is 3.72. The second-order valence-electron chi connectivity index (χ2n) is 7.57. The lowest BCUT2D eigenvalue weighted by Gasteiger charge is -2.54. The molecule has 7 nitrogen and oxygen atoms in total. The summed E-state index contributed by atoms with van der Waals surface area (Å²) in [6.07, 6.45) is 0.479. The summed E-state index contributed by atoms with van der Waals surface area (Å²) in [6.45, 7) is 4.39. The number of benzene rings is 1. The number of aryl methyl sites for hydroxylation is 1. The second-order valence-corrected chi connectivity index (χ2v) is 9.49. The van der Waals surface area contributed by atoms with Gasteiger partial charge in [-0.05, 0) is 37.1 Å². The third kappa shape index (κ3) is 3.02. The molecule has 142 valence electrons. The number of carbonyl (C=O) groups is 1. The number of carbonyl (C=O) groups excluding carboxylic acids is 1. The van der Waals surface area contributed by atoms with E-state index in [1.807, 2.05) is 0 Å². The molecule has 1 amide bonds. The molecule has 1 N–H and O–H groups in total. The van der Waals surface area contributed by atoms with Crippen LogP contribution in [0, 0.1) is 24.1 Å². The Bertz CT molecular complexity index is 832. The molecule has 1 aromatic rings. The normalized spacial score (nSPS) is 25.7. The van der Waals surface area contributed by atoms with Gasteiger partial charge in [-0.2, -0.15) is 17.0 Å². The molecule has 3 saturated heterocycles. The number of rotatable bonds is 4. The first-order valence-electron chi connectivity index (χ1n) is 8.69. The Morgan fingerprint density at radius 3 is 2.65 bits per heavy atom. The maximum Gasteiger partial charge on any atom is 0.282 e. The van der Waals surface area contributed by atoms with Crippen LogP contribution in [0.4, 0.5) is 10.1 Å². The van der Waals surface area contributed by atoms with Crippen molar-refractivity contribution in [2.45, 2.75) is 13.3 Å². The molecule has 1 aromatic carbocycles. The van der Waals surface area contributed by atoms with Gasteiger partial charge in [-0.1, -0.05) is 0 Å². The van der Waals surface area contributed by atoms with Crippen LogP contribution in [-0.4, -0.2) is 62.3 Å². The van der Waals surface area contributed by atoms with Gasteiger partial charge in [-0.3, -0.25) is 4.79 Å². The molecule has 3 aliphatic rings. The standard InChI is InChI=1S/C17H22FN3O4S/c1-12-6-14(2-3-15(12)18)19-16(22)13-4-5-20(7-13)26(23,24)21-8-17(9-21)10-25-11-17/h2-3,6,13H,4-5,7-11H2,1H3,(H,19,22)/t13-/m0/s1. The molecule has 3 heterocycles. The molecule has 9 heteroatoms. The van der Waals surface area contributed by atoms with Crippen molar-refractivity contribution in [2.75, 3.05) is 44.7 Å². The maximum absolute atomic E-state index is 13.3. The molecule has 0 bridgehead atoms. The van der Waals surface area contributed by atoms with Gasteiger partial charge in [0.05, 0.1) is 19.1 Å². The first-order chi connectivity index (χ1) is 12.3. The Labute approximate surface area is 152 Å². The third-order valence-corrected chi connectivity index (χ3v) is 7.33. The van der Waals surface area contributed by atoms with Gasteiger partial charge in [0.25, 0.3) is 10.2 Å². The number of hydrogen-bond donors (Lipinski definition) is 1. The highest BCUT2D eigenvalue weighted by molar-refractivity contribution is 7.86. The van der Waals surface area contributed by atoms with Crippen LogP contribution in [0.15, 0.2) is 18.2 Å². The van der Waals surface area contributed by atoms with E-state index in [1.165, 1.54) is 20.7 Å². The monoisotopic (exact) mass is 383 g/mol. The number of nitrogens with zero attached hydrogens (tertiary/aromatic N) is 2. The van der Waals surface area contributed by atoms with Crippen molar-refractivity contribution in [3.63, 3.8) is 0 Å². The van der Waals surface area contributed by atoms with Crippen LogP contribution in [0.2, 0.25) is 0 Å². The summed E-state index contributed by atoms with van der Waals surface area (Å²) in [5.74, 6) is -0.969. The topological polar surface area (TPSA) is 79.0 Å². The second kappa shape index (κ2) is 6.26. The van der Waals surface area contributed by atoms with E-state index in [9.17, 15) is 17.6 Å². The zero-order chi connectivity index (χ0) is 18.5. The van der Waals surface area contributed by atoms with Crippen molar-refractivity contribution in [1.29, 1.82) is 0 Å². The SMILES string of the molecule is Cc1cc(NC(=O)[C@H]2CCN(S(=O)(=O)N3CC4(COC4)C3)C2)ccc1F. The van der Waals surface area contributed by atoms with Crippen molar-refractivity contribution < 1.29 is 22.3 Å². The highest BCUT2D eigenvalue weighted by Crippen LogP contribution is 2.40. The Balaban J connectivity index is 1.35. The van der Waals surface area contributed by atoms with Crippen molar-refractivity contribution in [1.82, 2.24) is 8.61 Å². The lowest BCUT2D eigenvalue weighted by Crippen LogP contribution is -2.68. The zero-order valence-corrected chi connectivity index (χ0v) is 15.4. The summed E-state index contributed by atoms with van der Waals surface area (Å²) in [6, 6.07) is 4.38. The minimum Gasteiger partial charge on any atom is -0.380 e. The Hall–Kier alpha value is -1.55. The first kappa shape index (κ1) is 17.8. The van der Waals surface area contributed by atoms with Gasteiger partial charge in [0.15, 0.2) is 0 Å². The molecule has 3 aliphatic heterocycles. The molecule has 4 rings (SSSR count). The first-order valence-corrected chi connectivity index (χ1v) is 10.1. The van der Waals surface area contributed by atoms with Gasteiger partial charge in [0.1, 0.15) is 5.82 Å². The highest BCUT2D eigenvalue weighted by atomic mass is 32.2. The average molecular weight is 383 g/mol. The molecule has 26 heavy (non-hydrogen) atoms. The molecular weight excluding hydrogens is 361 g/mol. The van der Waals surface area contributed by atoms with E-state index < -0.39 is 16.1 Å². The highest BCUT2D eigenvalue weighted by Gasteiger charge is 2.54. The Kier molecular flexibility index (Phi) is 4.30. The minimum atomic E-state index is -3.52. The van der Waals surface area contributed by atoms with Crippen LogP contribution in [0.1, 0.15) is 12.0 Å². The predicted octanol–water partition coefficient (Wildman–Crippen LogP) is 0.972. The van der Waals surface area contributed by atoms with Gasteiger partial charge in [-0.25, -0.2) is 4.39 Å². The Morgan fingerprint density at radius 1 is 1.31 bits per heavy atom. The molecule has 0 unspecified atom stereocenters. The zero-order valence-electron chi connectivity index (χ0n) is 14.6. The molecule has 3 fully saturated rings. The van der Waals surface area contributed by atoms with Crippen LogP contribution in [0.3, 0.4) is 0 Å². The van der Waals surface area contributed by atoms with Crippen molar-refractivity contribution in [3.8, 4) is 0 Å². The van der Waals surface area contributed by atoms with E-state index in [1.54, 1.807) is 13.0 Å². The molecule has 1 spiro atoms. The van der Waals surface area contributed by atoms with Crippen LogP contribution in [0.25, 0.3) is 0 Å². The fraction of sp³-hybridized carbons (Fsp3) is 0.588. The summed E-state index contributed by atoms with van der Waals surface area (Å²) < 4.78 is 46.7. The molecule has 0 radical (unpaired) electrons. The molecule has 0 aliphatic carbocycles. The van der Waals surface area contributed by atoms with E-state index in [4.69, 9.17) is 4.74 Å². The largest absolute Gasteiger partial charge is 0.380 e. The average Bonchev–Trinajstić information content (AvgIpc) is 2.98. The summed E-state index contributed by atoms with van der Waals surface area (Å²) in [7, 11) is -3.52. The van der Waals surface area contributed by atoms with Crippen molar-refractivity contribution in [2.24, 2.45) is 11.3 Å². The van der Waals surface area contributed by atoms with Gasteiger partial charge in [0.2, 0.25) is 5.91 Å². The quantitative estimate of drug-likeness (QED) is 0.840. The summed E-state index contributed by atoms with van der Waals surface area (Å²) >= 11 is 0. The molecule has 1 atom stereocenters. The summed E-state index contributed by atoms with van der Waals surface area (Å²) in [5, 5.41) is 2.76. The smallest absolute Gasteiger partial charge is 0.282 e. The van der Waals surface area contributed by atoms with Crippen molar-refractivity contribution in [3.05, 3.63) is 29.6 Å². The number of ether oxygens (including phenoxy) is 1. The minimum absolute atomic E-state index is 0.0179. The summed E-state index contributed by atoms with van der Waals surface area (Å²) in [4.78, 5) is 12.4. The summed E-state index contributed by atoms with van der Waals surface area (Å²) in [5.41, 5.74) is 0.985. The van der Waals surface area contributed by atoms with E-state index >= 15 is 0 Å². The lowest BCUT2D eigenvalue weighted by atomic mass is 9.80. The number of hydrogen-bond acceptors (Lipinski definition) is 4. The number of anilines is 1. The van der Waals surface area contributed by atoms with E-state index in [-0.39, 0.29) is 23.7 Å². The number of halogens is 1. The fourth-order valence-corrected chi connectivity index (χ4v) is 5.63. The van der Waals surface area contributed by atoms with E-state index in [0.717, 1.165) is 0 Å². The van der Waals surface area contributed by atoms with Gasteiger partial charge in [0, 0.05) is 37.3 Å². The maximum atomic E-state index is 13.3. The van der Waals surface area contributed by atoms with Crippen LogP contribution < -0.4 is 5.32 Å². The Morgan fingerprint density at radius 2 is 2.04 bits per heavy atom. The number of nitrogens with one attached hydrogen (secondary N) is 1. The lowest BCUT2D eigenvalue weighted by molar-refractivity contribution is -0.167. The van der Waals surface area contributed by atoms with E-state index in [2.05, 4.69) is 5.32 Å². The molecule has 0 saturated carbocycles. The van der Waals surface area contributed by atoms with E-state index in [0.29, 0.717) is 50.5 Å². The van der Waals surface area contributed by atoms with Crippen LogP contribution in [0.5, 0.6) is 0 Å². The van der Waals surface area contributed by atoms with Gasteiger partial charge in [-0.15, -0.1) is 0 Å². The molecular formula is C17H22FN3O4S. The van der Waals surface area contributed by atoms with Crippen LogP contribution in [-0.2, 0) is 19.7 Å². The van der Waals surface area contributed by atoms with Gasteiger partial charge < -0.3 is 10.1 Å².